The summed E-state index contributed by atoms with van der Waals surface area (Å²) in [5.41, 5.74) is -0.683. The van der Waals surface area contributed by atoms with Gasteiger partial charge in [-0.1, -0.05) is 75.4 Å². The molecule has 0 aliphatic heterocycles. The van der Waals surface area contributed by atoms with Crippen LogP contribution in [0.15, 0.2) is 89.8 Å². The van der Waals surface area contributed by atoms with Crippen LogP contribution in [0.4, 0.5) is 18.9 Å². The minimum Gasteiger partial charge on any atom is -0.354 e. The maximum atomic E-state index is 14.0. The average molecular weight is 590 g/mol. The Hall–Kier alpha value is -3.86. The quantitative estimate of drug-likeness (QED) is 0.303. The molecule has 220 valence electrons. The van der Waals surface area contributed by atoms with Gasteiger partial charge in [-0.3, -0.25) is 13.9 Å². The van der Waals surface area contributed by atoms with Crippen LogP contribution in [-0.2, 0) is 32.3 Å². The SMILES string of the molecule is CC[C@H](C(=O)NCC(C)C)N(Cc1ccccc1)C(=O)CN(c1cccc(C(F)(F)F)c1)S(=O)(=O)c1ccccc1. The fourth-order valence-corrected chi connectivity index (χ4v) is 5.63. The van der Waals surface area contributed by atoms with E-state index in [1.165, 1.54) is 35.2 Å². The van der Waals surface area contributed by atoms with Crippen molar-refractivity contribution in [3.63, 3.8) is 0 Å². The Labute approximate surface area is 239 Å². The zero-order valence-electron chi connectivity index (χ0n) is 23.1. The summed E-state index contributed by atoms with van der Waals surface area (Å²) in [4.78, 5) is 28.2. The molecule has 0 bridgehead atoms. The van der Waals surface area contributed by atoms with Crippen LogP contribution < -0.4 is 9.62 Å². The van der Waals surface area contributed by atoms with Gasteiger partial charge in [-0.15, -0.1) is 0 Å². The number of halogens is 3. The fraction of sp³-hybridized carbons (Fsp3) is 0.333. The van der Waals surface area contributed by atoms with Gasteiger partial charge in [0, 0.05) is 13.1 Å². The first-order valence-corrected chi connectivity index (χ1v) is 14.6. The van der Waals surface area contributed by atoms with E-state index in [9.17, 15) is 31.2 Å². The number of carbonyl (C=O) groups excluding carboxylic acids is 2. The standard InChI is InChI=1S/C30H34F3N3O4S/c1-4-27(29(38)34-19-22(2)3)35(20-23-12-7-5-8-13-23)28(37)21-36(41(39,40)26-16-9-6-10-17-26)25-15-11-14-24(18-25)30(31,32)33/h5-18,22,27H,4,19-21H2,1-3H3,(H,34,38)/t27-/m1/s1. The lowest BCUT2D eigenvalue weighted by Crippen LogP contribution is -2.52. The van der Waals surface area contributed by atoms with Crippen LogP contribution in [0.5, 0.6) is 0 Å². The summed E-state index contributed by atoms with van der Waals surface area (Å²) in [6.45, 7) is 5.14. The molecule has 1 N–H and O–H groups in total. The Morgan fingerprint density at radius 2 is 1.51 bits per heavy atom. The molecule has 3 aromatic rings. The lowest BCUT2D eigenvalue weighted by molar-refractivity contribution is -0.140. The summed E-state index contributed by atoms with van der Waals surface area (Å²) in [5.74, 6) is -0.985. The lowest BCUT2D eigenvalue weighted by Gasteiger charge is -2.33. The van der Waals surface area contributed by atoms with E-state index in [2.05, 4.69) is 5.32 Å². The molecule has 3 aromatic carbocycles. The maximum Gasteiger partial charge on any atom is 0.416 e. The highest BCUT2D eigenvalue weighted by Crippen LogP contribution is 2.33. The van der Waals surface area contributed by atoms with Gasteiger partial charge in [0.05, 0.1) is 16.1 Å². The molecule has 0 radical (unpaired) electrons. The van der Waals surface area contributed by atoms with Crippen molar-refractivity contribution in [2.45, 2.75) is 50.9 Å². The van der Waals surface area contributed by atoms with Crippen molar-refractivity contribution in [3.05, 3.63) is 96.1 Å². The molecule has 11 heteroatoms. The minimum atomic E-state index is -4.73. The second kappa shape index (κ2) is 13.7. The van der Waals surface area contributed by atoms with Crippen molar-refractivity contribution < 1.29 is 31.2 Å². The molecule has 0 saturated carbocycles. The van der Waals surface area contributed by atoms with E-state index in [1.54, 1.807) is 43.3 Å². The Morgan fingerprint density at radius 1 is 0.902 bits per heavy atom. The number of benzene rings is 3. The number of amides is 2. The number of anilines is 1. The molecule has 3 rings (SSSR count). The summed E-state index contributed by atoms with van der Waals surface area (Å²) in [6.07, 6.45) is -4.50. The largest absolute Gasteiger partial charge is 0.416 e. The van der Waals surface area contributed by atoms with Crippen molar-refractivity contribution in [1.82, 2.24) is 10.2 Å². The van der Waals surface area contributed by atoms with E-state index in [0.29, 0.717) is 22.5 Å². The third-order valence-corrected chi connectivity index (χ3v) is 8.13. The van der Waals surface area contributed by atoms with Crippen molar-refractivity contribution in [3.8, 4) is 0 Å². The molecule has 0 fully saturated rings. The summed E-state index contributed by atoms with van der Waals surface area (Å²) >= 11 is 0. The van der Waals surface area contributed by atoms with E-state index < -0.39 is 46.2 Å². The zero-order chi connectivity index (χ0) is 30.2. The van der Waals surface area contributed by atoms with Crippen LogP contribution in [-0.4, -0.2) is 44.3 Å². The maximum absolute atomic E-state index is 14.0. The van der Waals surface area contributed by atoms with Gasteiger partial charge >= 0.3 is 6.18 Å². The van der Waals surface area contributed by atoms with Gasteiger partial charge in [-0.05, 0) is 48.2 Å². The number of hydrogen-bond donors (Lipinski definition) is 1. The van der Waals surface area contributed by atoms with E-state index in [0.717, 1.165) is 12.1 Å². The number of sulfonamides is 1. The molecule has 0 unspecified atom stereocenters. The Balaban J connectivity index is 2.08. The molecule has 41 heavy (non-hydrogen) atoms. The second-order valence-electron chi connectivity index (χ2n) is 9.94. The molecular formula is C30H34F3N3O4S. The van der Waals surface area contributed by atoms with Crippen molar-refractivity contribution >= 4 is 27.5 Å². The molecular weight excluding hydrogens is 555 g/mol. The molecule has 1 atom stereocenters. The summed E-state index contributed by atoms with van der Waals surface area (Å²) in [7, 11) is -4.47. The first kappa shape index (κ1) is 31.7. The highest BCUT2D eigenvalue weighted by Gasteiger charge is 2.35. The van der Waals surface area contributed by atoms with Crippen LogP contribution in [0.3, 0.4) is 0 Å². The van der Waals surface area contributed by atoms with Crippen LogP contribution >= 0.6 is 0 Å². The second-order valence-corrected chi connectivity index (χ2v) is 11.8. The van der Waals surface area contributed by atoms with Gasteiger partial charge in [0.15, 0.2) is 0 Å². The normalized spacial score (nSPS) is 12.6. The van der Waals surface area contributed by atoms with E-state index in [1.807, 2.05) is 13.8 Å². The van der Waals surface area contributed by atoms with Gasteiger partial charge in [-0.2, -0.15) is 13.2 Å². The molecule has 0 aliphatic carbocycles. The van der Waals surface area contributed by atoms with E-state index in [4.69, 9.17) is 0 Å². The number of rotatable bonds is 12. The van der Waals surface area contributed by atoms with Crippen LogP contribution in [0.1, 0.15) is 38.3 Å². The van der Waals surface area contributed by atoms with Gasteiger partial charge in [-0.25, -0.2) is 8.42 Å². The molecule has 0 saturated heterocycles. The van der Waals surface area contributed by atoms with Crippen molar-refractivity contribution in [1.29, 1.82) is 0 Å². The Morgan fingerprint density at radius 3 is 2.07 bits per heavy atom. The number of carbonyl (C=O) groups is 2. The summed E-state index contributed by atoms with van der Waals surface area (Å²) in [6, 6.07) is 18.9. The molecule has 0 spiro atoms. The number of hydrogen-bond acceptors (Lipinski definition) is 4. The first-order chi connectivity index (χ1) is 19.3. The summed E-state index contributed by atoms with van der Waals surface area (Å²) < 4.78 is 68.9. The Kier molecular flexibility index (Phi) is 10.6. The average Bonchev–Trinajstić information content (AvgIpc) is 2.95. The van der Waals surface area contributed by atoms with E-state index >= 15 is 0 Å². The molecule has 2 amide bonds. The van der Waals surface area contributed by atoms with Crippen molar-refractivity contribution in [2.75, 3.05) is 17.4 Å². The third-order valence-electron chi connectivity index (χ3n) is 6.34. The third kappa shape index (κ3) is 8.32. The van der Waals surface area contributed by atoms with Gasteiger partial charge < -0.3 is 10.2 Å². The fourth-order valence-electron chi connectivity index (χ4n) is 4.21. The molecule has 0 aromatic heterocycles. The highest BCUT2D eigenvalue weighted by atomic mass is 32.2. The highest BCUT2D eigenvalue weighted by molar-refractivity contribution is 7.92. The van der Waals surface area contributed by atoms with Crippen molar-refractivity contribution in [2.24, 2.45) is 5.92 Å². The van der Waals surface area contributed by atoms with Crippen LogP contribution in [0.2, 0.25) is 0 Å². The van der Waals surface area contributed by atoms with Crippen LogP contribution in [0, 0.1) is 5.92 Å². The topological polar surface area (TPSA) is 86.8 Å². The summed E-state index contributed by atoms with van der Waals surface area (Å²) in [5, 5.41) is 2.83. The smallest absolute Gasteiger partial charge is 0.354 e. The van der Waals surface area contributed by atoms with Gasteiger partial charge in [0.2, 0.25) is 11.8 Å². The molecule has 0 aliphatic rings. The number of alkyl halides is 3. The van der Waals surface area contributed by atoms with Crippen LogP contribution in [0.25, 0.3) is 0 Å². The predicted molar refractivity (Wildman–Crippen MR) is 151 cm³/mol. The first-order valence-electron chi connectivity index (χ1n) is 13.2. The number of nitrogens with zero attached hydrogens (tertiary/aromatic N) is 2. The predicted octanol–water partition coefficient (Wildman–Crippen LogP) is 5.48. The molecule has 0 heterocycles. The van der Waals surface area contributed by atoms with E-state index in [-0.39, 0.29) is 29.5 Å². The minimum absolute atomic E-state index is 0.00487. The number of nitrogens with one attached hydrogen (secondary N) is 1. The van der Waals surface area contributed by atoms with Gasteiger partial charge in [0.25, 0.3) is 10.0 Å². The van der Waals surface area contributed by atoms with Gasteiger partial charge in [0.1, 0.15) is 12.6 Å². The Bertz CT molecular complexity index is 1420. The monoisotopic (exact) mass is 589 g/mol. The zero-order valence-corrected chi connectivity index (χ0v) is 24.0. The molecule has 7 nitrogen and oxygen atoms in total. The lowest BCUT2D eigenvalue weighted by atomic mass is 10.1.